The van der Waals surface area contributed by atoms with Crippen molar-refractivity contribution in [2.45, 2.75) is 24.7 Å². The van der Waals surface area contributed by atoms with Crippen molar-refractivity contribution in [2.24, 2.45) is 5.92 Å². The zero-order valence-electron chi connectivity index (χ0n) is 16.4. The van der Waals surface area contributed by atoms with Crippen molar-refractivity contribution in [3.63, 3.8) is 0 Å². The molecule has 4 atom stereocenters. The highest BCUT2D eigenvalue weighted by molar-refractivity contribution is 6.32. The molecule has 1 fully saturated rings. The Morgan fingerprint density at radius 1 is 1.32 bits per heavy atom. The molecular weight excluding hydrogens is 428 g/mol. The molecular formula is C20H21ClN4O6. The number of carbonyl (C=O) groups excluding carboxylic acids is 1. The van der Waals surface area contributed by atoms with Gasteiger partial charge in [-0.05, 0) is 30.7 Å². The number of ether oxygens (including phenoxy) is 1. The summed E-state index contributed by atoms with van der Waals surface area (Å²) in [7, 11) is 1.30. The first-order chi connectivity index (χ1) is 14.8. The van der Waals surface area contributed by atoms with Crippen LogP contribution in [0.2, 0.25) is 5.15 Å². The lowest BCUT2D eigenvalue weighted by molar-refractivity contribution is 0.00446. The molecule has 31 heavy (non-hydrogen) atoms. The monoisotopic (exact) mass is 448 g/mol. The number of esters is 1. The first-order valence-electron chi connectivity index (χ1n) is 9.51. The molecule has 0 aliphatic heterocycles. The van der Waals surface area contributed by atoms with E-state index < -0.39 is 30.1 Å². The number of nitrogen functional groups attached to an aromatic ring is 1. The van der Waals surface area contributed by atoms with Crippen molar-refractivity contribution in [2.75, 3.05) is 24.8 Å². The highest BCUT2D eigenvalue weighted by atomic mass is 35.5. The third-order valence-electron chi connectivity index (χ3n) is 5.42. The molecule has 0 radical (unpaired) electrons. The SMILES string of the molecule is COC(=O)c1ccc2oc(-c3c(Cl)nc(N)nc3N[C@@H]3C[C@H](CO)[C@@H](O)[C@H]3O)cc2c1. The largest absolute Gasteiger partial charge is 0.465 e. The Morgan fingerprint density at radius 2 is 2.10 bits per heavy atom. The van der Waals surface area contributed by atoms with Crippen molar-refractivity contribution in [3.8, 4) is 11.3 Å². The fraction of sp³-hybridized carbons (Fsp3) is 0.350. The van der Waals surface area contributed by atoms with Gasteiger partial charge in [-0.3, -0.25) is 0 Å². The lowest BCUT2D eigenvalue weighted by atomic mass is 10.1. The minimum absolute atomic E-state index is 0.0222. The number of nitrogens with two attached hydrogens (primary N) is 1. The third kappa shape index (κ3) is 3.90. The number of aliphatic hydroxyl groups is 3. The van der Waals surface area contributed by atoms with Crippen LogP contribution >= 0.6 is 11.6 Å². The van der Waals surface area contributed by atoms with Gasteiger partial charge in [-0.2, -0.15) is 4.98 Å². The molecule has 0 amide bonds. The van der Waals surface area contributed by atoms with E-state index in [1.165, 1.54) is 7.11 Å². The summed E-state index contributed by atoms with van der Waals surface area (Å²) >= 11 is 6.35. The molecule has 0 spiro atoms. The van der Waals surface area contributed by atoms with Crippen LogP contribution < -0.4 is 11.1 Å². The molecule has 0 bridgehead atoms. The number of carbonyl (C=O) groups is 1. The number of nitrogens with zero attached hydrogens (tertiary/aromatic N) is 2. The van der Waals surface area contributed by atoms with E-state index in [1.54, 1.807) is 24.3 Å². The van der Waals surface area contributed by atoms with E-state index >= 15 is 0 Å². The maximum atomic E-state index is 11.8. The fourth-order valence-electron chi connectivity index (χ4n) is 3.81. The molecule has 1 aliphatic rings. The van der Waals surface area contributed by atoms with Crippen LogP contribution in [-0.2, 0) is 4.74 Å². The molecule has 6 N–H and O–H groups in total. The van der Waals surface area contributed by atoms with Gasteiger partial charge in [-0.1, -0.05) is 11.6 Å². The number of rotatable bonds is 5. The molecule has 2 aromatic heterocycles. The number of halogens is 1. The van der Waals surface area contributed by atoms with Crippen LogP contribution in [0.5, 0.6) is 0 Å². The minimum atomic E-state index is -1.13. The minimum Gasteiger partial charge on any atom is -0.465 e. The molecule has 3 aromatic rings. The topological polar surface area (TPSA) is 164 Å². The summed E-state index contributed by atoms with van der Waals surface area (Å²) in [5.41, 5.74) is 6.92. The van der Waals surface area contributed by atoms with E-state index in [0.29, 0.717) is 34.3 Å². The van der Waals surface area contributed by atoms with Gasteiger partial charge in [0.1, 0.15) is 28.4 Å². The normalized spacial score (nSPS) is 23.3. The van der Waals surface area contributed by atoms with Crippen LogP contribution in [0.3, 0.4) is 0 Å². The summed E-state index contributed by atoms with van der Waals surface area (Å²) in [5.74, 6) is -0.524. The second-order valence-electron chi connectivity index (χ2n) is 7.36. The number of fused-ring (bicyclic) bond motifs is 1. The van der Waals surface area contributed by atoms with Crippen molar-refractivity contribution in [1.82, 2.24) is 9.97 Å². The Labute approximate surface area is 181 Å². The van der Waals surface area contributed by atoms with Crippen LogP contribution in [-0.4, -0.2) is 63.2 Å². The number of furan rings is 1. The molecule has 0 unspecified atom stereocenters. The summed E-state index contributed by atoms with van der Waals surface area (Å²) < 4.78 is 10.6. The van der Waals surface area contributed by atoms with Crippen molar-refractivity contribution in [3.05, 3.63) is 35.0 Å². The molecule has 164 valence electrons. The highest BCUT2D eigenvalue weighted by Gasteiger charge is 2.41. The number of benzene rings is 1. The Balaban J connectivity index is 1.74. The summed E-state index contributed by atoms with van der Waals surface area (Å²) in [5, 5.41) is 33.5. The summed E-state index contributed by atoms with van der Waals surface area (Å²) in [6.45, 7) is -0.262. The lowest BCUT2D eigenvalue weighted by Crippen LogP contribution is -2.35. The number of hydrogen-bond donors (Lipinski definition) is 5. The second-order valence-corrected chi connectivity index (χ2v) is 7.72. The third-order valence-corrected chi connectivity index (χ3v) is 5.70. The molecule has 1 aliphatic carbocycles. The maximum Gasteiger partial charge on any atom is 0.337 e. The molecule has 0 saturated heterocycles. The van der Waals surface area contributed by atoms with Gasteiger partial charge in [0.2, 0.25) is 5.95 Å². The van der Waals surface area contributed by atoms with Crippen LogP contribution in [0.25, 0.3) is 22.3 Å². The molecule has 1 aromatic carbocycles. The number of aromatic nitrogens is 2. The smallest absolute Gasteiger partial charge is 0.337 e. The average Bonchev–Trinajstić information content (AvgIpc) is 3.27. The average molecular weight is 449 g/mol. The molecule has 10 nitrogen and oxygen atoms in total. The van der Waals surface area contributed by atoms with E-state index in [-0.39, 0.29) is 23.5 Å². The summed E-state index contributed by atoms with van der Waals surface area (Å²) in [6.07, 6.45) is -1.90. The van der Waals surface area contributed by atoms with Gasteiger partial charge in [-0.25, -0.2) is 9.78 Å². The Bertz CT molecular complexity index is 1140. The van der Waals surface area contributed by atoms with Gasteiger partial charge in [0.25, 0.3) is 0 Å². The van der Waals surface area contributed by atoms with Gasteiger partial charge < -0.3 is 35.5 Å². The van der Waals surface area contributed by atoms with Crippen molar-refractivity contribution in [1.29, 1.82) is 0 Å². The first kappa shape index (κ1) is 21.3. The van der Waals surface area contributed by atoms with Gasteiger partial charge in [-0.15, -0.1) is 0 Å². The van der Waals surface area contributed by atoms with Gasteiger partial charge >= 0.3 is 5.97 Å². The van der Waals surface area contributed by atoms with Crippen LogP contribution in [0.15, 0.2) is 28.7 Å². The number of nitrogens with one attached hydrogen (secondary N) is 1. The number of anilines is 2. The van der Waals surface area contributed by atoms with Gasteiger partial charge in [0.05, 0.1) is 30.4 Å². The molecule has 4 rings (SSSR count). The predicted octanol–water partition coefficient (Wildman–Crippen LogP) is 1.43. The number of hydrogen-bond acceptors (Lipinski definition) is 10. The maximum absolute atomic E-state index is 11.8. The zero-order valence-corrected chi connectivity index (χ0v) is 17.2. The van der Waals surface area contributed by atoms with Crippen molar-refractivity contribution >= 4 is 40.3 Å². The van der Waals surface area contributed by atoms with E-state index in [2.05, 4.69) is 15.3 Å². The van der Waals surface area contributed by atoms with Crippen LogP contribution in [0.4, 0.5) is 11.8 Å². The molecule has 11 heteroatoms. The van der Waals surface area contributed by atoms with Crippen LogP contribution in [0, 0.1) is 5.92 Å². The molecule has 1 saturated carbocycles. The zero-order chi connectivity index (χ0) is 22.3. The van der Waals surface area contributed by atoms with Crippen molar-refractivity contribution < 1.29 is 29.3 Å². The van der Waals surface area contributed by atoms with E-state index in [4.69, 9.17) is 26.5 Å². The Hall–Kier alpha value is -2.92. The predicted molar refractivity (Wildman–Crippen MR) is 113 cm³/mol. The Kier molecular flexibility index (Phi) is 5.71. The van der Waals surface area contributed by atoms with E-state index in [0.717, 1.165) is 0 Å². The summed E-state index contributed by atoms with van der Waals surface area (Å²) in [6, 6.07) is 5.90. The number of methoxy groups -OCH3 is 1. The first-order valence-corrected chi connectivity index (χ1v) is 9.89. The van der Waals surface area contributed by atoms with Crippen LogP contribution in [0.1, 0.15) is 16.8 Å². The quantitative estimate of drug-likeness (QED) is 0.285. The Morgan fingerprint density at radius 3 is 2.77 bits per heavy atom. The highest BCUT2D eigenvalue weighted by Crippen LogP contribution is 2.38. The standard InChI is InChI=1S/C20H21ClN4O6/c1-30-19(29)8-2-3-12-9(4-8)6-13(31-12)14-17(21)24-20(22)25-18(14)23-11-5-10(7-26)15(27)16(11)28/h2-4,6,10-11,15-16,26-28H,5,7H2,1H3,(H3,22,23,24,25)/t10-,11-,15-,16+/m1/s1. The second kappa shape index (κ2) is 8.31. The molecule has 2 heterocycles. The van der Waals surface area contributed by atoms with E-state index in [1.807, 2.05) is 0 Å². The fourth-order valence-corrected chi connectivity index (χ4v) is 4.08. The lowest BCUT2D eigenvalue weighted by Gasteiger charge is -2.20. The van der Waals surface area contributed by atoms with E-state index in [9.17, 15) is 20.1 Å². The van der Waals surface area contributed by atoms with Gasteiger partial charge in [0.15, 0.2) is 0 Å². The number of aliphatic hydroxyl groups excluding tert-OH is 3. The van der Waals surface area contributed by atoms with Gasteiger partial charge in [0, 0.05) is 17.9 Å². The summed E-state index contributed by atoms with van der Waals surface area (Å²) in [4.78, 5) is 20.0.